The first-order valence-corrected chi connectivity index (χ1v) is 5.00. The topological polar surface area (TPSA) is 9.23 Å². The molecule has 0 heterocycles. The molecule has 2 heteroatoms. The van der Waals surface area contributed by atoms with Crippen molar-refractivity contribution in [3.63, 3.8) is 0 Å². The maximum absolute atomic E-state index is 5.81. The lowest BCUT2D eigenvalue weighted by molar-refractivity contribution is 0.120. The third-order valence-corrected chi connectivity index (χ3v) is 2.93. The van der Waals surface area contributed by atoms with Gasteiger partial charge in [0.2, 0.25) is 0 Å². The van der Waals surface area contributed by atoms with Crippen molar-refractivity contribution in [3.05, 3.63) is 0 Å². The molecular weight excluding hydrogens is 160 g/mol. The highest BCUT2D eigenvalue weighted by Crippen LogP contribution is 2.49. The summed E-state index contributed by atoms with van der Waals surface area (Å²) in [6.45, 7) is 3.94. The van der Waals surface area contributed by atoms with E-state index in [1.165, 1.54) is 12.8 Å². The molecule has 0 aromatic rings. The van der Waals surface area contributed by atoms with Gasteiger partial charge in [-0.2, -0.15) is 0 Å². The number of alkyl halides is 1. The summed E-state index contributed by atoms with van der Waals surface area (Å²) in [6.07, 6.45) is 4.91. The molecule has 0 bridgehead atoms. The van der Waals surface area contributed by atoms with Crippen molar-refractivity contribution in [2.45, 2.75) is 32.6 Å². The van der Waals surface area contributed by atoms with Crippen LogP contribution in [0, 0.1) is 5.41 Å². The lowest BCUT2D eigenvalue weighted by Gasteiger charge is -2.10. The number of hydrogen-bond acceptors (Lipinski definition) is 1. The van der Waals surface area contributed by atoms with Crippen LogP contribution in [0.4, 0.5) is 0 Å². The van der Waals surface area contributed by atoms with E-state index in [0.29, 0.717) is 5.41 Å². The molecule has 0 aromatic heterocycles. The van der Waals surface area contributed by atoms with Gasteiger partial charge in [-0.3, -0.25) is 0 Å². The zero-order valence-corrected chi connectivity index (χ0v) is 7.99. The molecule has 0 amide bonds. The van der Waals surface area contributed by atoms with E-state index in [1.807, 2.05) is 0 Å². The van der Waals surface area contributed by atoms with Crippen LogP contribution in [0.2, 0.25) is 0 Å². The summed E-state index contributed by atoms with van der Waals surface area (Å²) in [5.41, 5.74) is 0.481. The van der Waals surface area contributed by atoms with E-state index in [1.54, 1.807) is 0 Å². The van der Waals surface area contributed by atoms with Crippen LogP contribution in [0.15, 0.2) is 0 Å². The van der Waals surface area contributed by atoms with E-state index in [0.717, 1.165) is 31.9 Å². The molecule has 1 aliphatic carbocycles. The van der Waals surface area contributed by atoms with E-state index >= 15 is 0 Å². The monoisotopic (exact) mass is 176 g/mol. The van der Waals surface area contributed by atoms with Crippen molar-refractivity contribution in [2.24, 2.45) is 5.41 Å². The number of rotatable bonds is 6. The van der Waals surface area contributed by atoms with Crippen LogP contribution < -0.4 is 0 Å². The molecule has 1 rings (SSSR count). The minimum absolute atomic E-state index is 0.481. The van der Waals surface area contributed by atoms with Crippen LogP contribution in [0.5, 0.6) is 0 Å². The lowest BCUT2D eigenvalue weighted by Crippen LogP contribution is -2.07. The Balaban J connectivity index is 1.94. The standard InChI is InChI=1S/C9H17ClO/c1-2-6-11-7-5-9(8-10)3-4-9/h2-8H2,1H3. The Morgan fingerprint density at radius 2 is 2.09 bits per heavy atom. The van der Waals surface area contributed by atoms with Gasteiger partial charge in [-0.15, -0.1) is 11.6 Å². The van der Waals surface area contributed by atoms with Crippen LogP contribution in [-0.2, 0) is 4.74 Å². The second-order valence-electron chi connectivity index (χ2n) is 3.50. The van der Waals surface area contributed by atoms with Crippen LogP contribution in [-0.4, -0.2) is 19.1 Å². The molecule has 1 aliphatic rings. The molecule has 1 saturated carbocycles. The summed E-state index contributed by atoms with van der Waals surface area (Å²) < 4.78 is 5.40. The van der Waals surface area contributed by atoms with Gasteiger partial charge in [0.15, 0.2) is 0 Å². The molecular formula is C9H17ClO. The second kappa shape index (κ2) is 4.32. The lowest BCUT2D eigenvalue weighted by atomic mass is 10.1. The Morgan fingerprint density at radius 3 is 2.55 bits per heavy atom. The summed E-state index contributed by atoms with van der Waals surface area (Å²) >= 11 is 5.81. The molecule has 0 unspecified atom stereocenters. The Hall–Kier alpha value is 0.250. The van der Waals surface area contributed by atoms with Crippen molar-refractivity contribution in [1.29, 1.82) is 0 Å². The van der Waals surface area contributed by atoms with Gasteiger partial charge in [-0.1, -0.05) is 6.92 Å². The normalized spacial score (nSPS) is 20.2. The van der Waals surface area contributed by atoms with Crippen molar-refractivity contribution < 1.29 is 4.74 Å². The summed E-state index contributed by atoms with van der Waals surface area (Å²) in [5.74, 6) is 0.822. The molecule has 0 atom stereocenters. The SMILES string of the molecule is CCCOCCC1(CCl)CC1. The van der Waals surface area contributed by atoms with Crippen molar-refractivity contribution in [3.8, 4) is 0 Å². The minimum atomic E-state index is 0.481. The largest absolute Gasteiger partial charge is 0.381 e. The summed E-state index contributed by atoms with van der Waals surface area (Å²) in [6, 6.07) is 0. The molecule has 0 N–H and O–H groups in total. The summed E-state index contributed by atoms with van der Waals surface area (Å²) in [4.78, 5) is 0. The van der Waals surface area contributed by atoms with Crippen LogP contribution in [0.1, 0.15) is 32.6 Å². The molecule has 1 fully saturated rings. The molecule has 0 saturated heterocycles. The number of hydrogen-bond donors (Lipinski definition) is 0. The van der Waals surface area contributed by atoms with E-state index in [2.05, 4.69) is 6.92 Å². The van der Waals surface area contributed by atoms with Gasteiger partial charge in [0.05, 0.1) is 0 Å². The first-order chi connectivity index (χ1) is 5.33. The zero-order valence-electron chi connectivity index (χ0n) is 7.24. The molecule has 11 heavy (non-hydrogen) atoms. The van der Waals surface area contributed by atoms with Gasteiger partial charge >= 0.3 is 0 Å². The predicted octanol–water partition coefficient (Wildman–Crippen LogP) is 2.82. The van der Waals surface area contributed by atoms with E-state index < -0.39 is 0 Å². The van der Waals surface area contributed by atoms with Crippen molar-refractivity contribution in [2.75, 3.05) is 19.1 Å². The quantitative estimate of drug-likeness (QED) is 0.447. The molecule has 0 radical (unpaired) electrons. The zero-order chi connectivity index (χ0) is 8.16. The highest BCUT2D eigenvalue weighted by molar-refractivity contribution is 6.18. The van der Waals surface area contributed by atoms with Gasteiger partial charge in [-0.25, -0.2) is 0 Å². The first kappa shape index (κ1) is 9.34. The number of halogens is 1. The van der Waals surface area contributed by atoms with Gasteiger partial charge in [0, 0.05) is 19.1 Å². The Bertz CT molecular complexity index is 110. The van der Waals surface area contributed by atoms with Crippen molar-refractivity contribution in [1.82, 2.24) is 0 Å². The van der Waals surface area contributed by atoms with Crippen LogP contribution in [0.25, 0.3) is 0 Å². The van der Waals surface area contributed by atoms with E-state index in [9.17, 15) is 0 Å². The van der Waals surface area contributed by atoms with Gasteiger partial charge in [-0.05, 0) is 31.1 Å². The average Bonchev–Trinajstić information content (AvgIpc) is 2.80. The molecule has 0 aromatic carbocycles. The predicted molar refractivity (Wildman–Crippen MR) is 48.1 cm³/mol. The molecule has 66 valence electrons. The third kappa shape index (κ3) is 3.00. The summed E-state index contributed by atoms with van der Waals surface area (Å²) in [5, 5.41) is 0. The van der Waals surface area contributed by atoms with Gasteiger partial charge < -0.3 is 4.74 Å². The first-order valence-electron chi connectivity index (χ1n) is 4.47. The van der Waals surface area contributed by atoms with E-state index in [-0.39, 0.29) is 0 Å². The van der Waals surface area contributed by atoms with Crippen LogP contribution in [0.3, 0.4) is 0 Å². The fraction of sp³-hybridized carbons (Fsp3) is 1.00. The van der Waals surface area contributed by atoms with E-state index in [4.69, 9.17) is 16.3 Å². The fourth-order valence-electron chi connectivity index (χ4n) is 1.16. The smallest absolute Gasteiger partial charge is 0.0471 e. The maximum atomic E-state index is 5.81. The molecule has 0 spiro atoms. The Labute approximate surface area is 74.1 Å². The molecule has 1 nitrogen and oxygen atoms in total. The Kier molecular flexibility index (Phi) is 3.67. The second-order valence-corrected chi connectivity index (χ2v) is 3.76. The van der Waals surface area contributed by atoms with Gasteiger partial charge in [0.1, 0.15) is 0 Å². The number of ether oxygens (including phenoxy) is 1. The van der Waals surface area contributed by atoms with Crippen LogP contribution >= 0.6 is 11.6 Å². The average molecular weight is 177 g/mol. The van der Waals surface area contributed by atoms with Crippen molar-refractivity contribution >= 4 is 11.6 Å². The molecule has 0 aliphatic heterocycles. The third-order valence-electron chi connectivity index (χ3n) is 2.37. The Morgan fingerprint density at radius 1 is 1.36 bits per heavy atom. The highest BCUT2D eigenvalue weighted by Gasteiger charge is 2.40. The summed E-state index contributed by atoms with van der Waals surface area (Å²) in [7, 11) is 0. The minimum Gasteiger partial charge on any atom is -0.381 e. The van der Waals surface area contributed by atoms with Gasteiger partial charge in [0.25, 0.3) is 0 Å². The highest BCUT2D eigenvalue weighted by atomic mass is 35.5. The maximum Gasteiger partial charge on any atom is 0.0471 e. The fourth-order valence-corrected chi connectivity index (χ4v) is 1.56.